The lowest BCUT2D eigenvalue weighted by atomic mass is 10.1. The molecule has 1 aliphatic rings. The van der Waals surface area contributed by atoms with Crippen LogP contribution in [0.25, 0.3) is 0 Å². The van der Waals surface area contributed by atoms with Gasteiger partial charge in [0, 0.05) is 18.1 Å². The summed E-state index contributed by atoms with van der Waals surface area (Å²) in [7, 11) is -1.56. The predicted molar refractivity (Wildman–Crippen MR) is 67.4 cm³/mol. The second-order valence-corrected chi connectivity index (χ2v) is 6.66. The van der Waals surface area contributed by atoms with Gasteiger partial charge in [-0.05, 0) is 17.7 Å². The van der Waals surface area contributed by atoms with Crippen LogP contribution in [0.5, 0.6) is 5.75 Å². The Balaban J connectivity index is 2.39. The molecular weight excluding hydrogens is 262 g/mol. The van der Waals surface area contributed by atoms with Gasteiger partial charge in [-0.2, -0.15) is 0 Å². The zero-order chi connectivity index (χ0) is 12.5. The Hall–Kier alpha value is -0.780. The molecule has 1 saturated heterocycles. The zero-order valence-electron chi connectivity index (χ0n) is 9.44. The molecule has 1 aromatic carbocycles. The van der Waals surface area contributed by atoms with Gasteiger partial charge in [0.05, 0.1) is 12.9 Å². The predicted octanol–water partition coefficient (Wildman–Crippen LogP) is 1.41. The normalized spacial score (nSPS) is 23.3. The Kier molecular flexibility index (Phi) is 3.61. The van der Waals surface area contributed by atoms with E-state index < -0.39 is 15.1 Å². The average Bonchev–Trinajstić information content (AvgIpc) is 2.29. The first kappa shape index (κ1) is 12.7. The molecule has 0 spiro atoms. The molecule has 17 heavy (non-hydrogen) atoms. The molecule has 0 aliphatic carbocycles. The molecule has 1 aromatic rings. The van der Waals surface area contributed by atoms with Gasteiger partial charge >= 0.3 is 0 Å². The van der Waals surface area contributed by atoms with Crippen molar-refractivity contribution in [2.24, 2.45) is 0 Å². The minimum Gasteiger partial charge on any atom is -0.497 e. The van der Waals surface area contributed by atoms with Crippen LogP contribution in [0.15, 0.2) is 18.2 Å². The smallest absolute Gasteiger partial charge is 0.159 e. The molecule has 0 bridgehead atoms. The number of sulfone groups is 1. The van der Waals surface area contributed by atoms with Crippen LogP contribution in [0.2, 0.25) is 5.02 Å². The Bertz CT molecular complexity index is 515. The van der Waals surface area contributed by atoms with Crippen molar-refractivity contribution in [3.05, 3.63) is 28.8 Å². The highest BCUT2D eigenvalue weighted by atomic mass is 35.5. The lowest BCUT2D eigenvalue weighted by Crippen LogP contribution is -2.38. The van der Waals surface area contributed by atoms with Crippen molar-refractivity contribution in [3.8, 4) is 5.75 Å². The highest BCUT2D eigenvalue weighted by molar-refractivity contribution is 7.91. The molecule has 0 aromatic heterocycles. The van der Waals surface area contributed by atoms with Gasteiger partial charge in [-0.25, -0.2) is 8.42 Å². The van der Waals surface area contributed by atoms with Gasteiger partial charge in [0.25, 0.3) is 0 Å². The third kappa shape index (κ3) is 2.56. The molecule has 1 N–H and O–H groups in total. The second kappa shape index (κ2) is 4.84. The molecular formula is C11H14ClNO3S. The van der Waals surface area contributed by atoms with E-state index in [2.05, 4.69) is 5.32 Å². The van der Waals surface area contributed by atoms with Crippen LogP contribution < -0.4 is 10.1 Å². The molecule has 1 heterocycles. The summed E-state index contributed by atoms with van der Waals surface area (Å²) in [5.74, 6) is 0.778. The highest BCUT2D eigenvalue weighted by Crippen LogP contribution is 2.32. The van der Waals surface area contributed by atoms with Gasteiger partial charge in [-0.1, -0.05) is 17.7 Å². The maximum Gasteiger partial charge on any atom is 0.159 e. The largest absolute Gasteiger partial charge is 0.497 e. The van der Waals surface area contributed by atoms with Crippen LogP contribution in [0, 0.1) is 0 Å². The maximum absolute atomic E-state index is 12.0. The van der Waals surface area contributed by atoms with Crippen LogP contribution in [0.3, 0.4) is 0 Å². The minimum atomic E-state index is -3.11. The third-order valence-electron chi connectivity index (χ3n) is 2.88. The van der Waals surface area contributed by atoms with Gasteiger partial charge in [0.15, 0.2) is 9.84 Å². The van der Waals surface area contributed by atoms with E-state index in [1.54, 1.807) is 25.3 Å². The number of hydrogen-bond acceptors (Lipinski definition) is 4. The average molecular weight is 276 g/mol. The van der Waals surface area contributed by atoms with E-state index in [4.69, 9.17) is 16.3 Å². The van der Waals surface area contributed by atoms with Gasteiger partial charge in [-0.3, -0.25) is 0 Å². The lowest BCUT2D eigenvalue weighted by Gasteiger charge is -2.24. The van der Waals surface area contributed by atoms with Gasteiger partial charge in [-0.15, -0.1) is 0 Å². The first-order valence-electron chi connectivity index (χ1n) is 5.30. The Labute approximate surface area is 106 Å². The summed E-state index contributed by atoms with van der Waals surface area (Å²) in [5.41, 5.74) is 0.639. The van der Waals surface area contributed by atoms with Crippen molar-refractivity contribution >= 4 is 21.4 Å². The van der Waals surface area contributed by atoms with E-state index in [-0.39, 0.29) is 5.75 Å². The molecule has 1 atom stereocenters. The van der Waals surface area contributed by atoms with Crippen molar-refractivity contribution in [2.45, 2.75) is 5.25 Å². The van der Waals surface area contributed by atoms with E-state index in [0.29, 0.717) is 29.4 Å². The SMILES string of the molecule is COc1ccc(C2CNCCS2(=O)=O)c(Cl)c1. The van der Waals surface area contributed by atoms with E-state index in [9.17, 15) is 8.42 Å². The fourth-order valence-electron chi connectivity index (χ4n) is 1.92. The van der Waals surface area contributed by atoms with Crippen molar-refractivity contribution < 1.29 is 13.2 Å². The number of methoxy groups -OCH3 is 1. The van der Waals surface area contributed by atoms with E-state index in [1.807, 2.05) is 0 Å². The lowest BCUT2D eigenvalue weighted by molar-refractivity contribution is 0.414. The number of rotatable bonds is 2. The summed E-state index contributed by atoms with van der Waals surface area (Å²) in [6.45, 7) is 0.918. The minimum absolute atomic E-state index is 0.153. The zero-order valence-corrected chi connectivity index (χ0v) is 11.0. The summed E-state index contributed by atoms with van der Waals surface area (Å²) >= 11 is 6.10. The number of ether oxygens (including phenoxy) is 1. The number of halogens is 1. The van der Waals surface area contributed by atoms with Gasteiger partial charge in [0.1, 0.15) is 11.0 Å². The quantitative estimate of drug-likeness (QED) is 0.887. The molecule has 1 fully saturated rings. The molecule has 0 radical (unpaired) electrons. The molecule has 6 heteroatoms. The van der Waals surface area contributed by atoms with Crippen molar-refractivity contribution in [2.75, 3.05) is 26.0 Å². The maximum atomic E-state index is 12.0. The number of benzene rings is 1. The Morgan fingerprint density at radius 1 is 1.47 bits per heavy atom. The van der Waals surface area contributed by atoms with Crippen molar-refractivity contribution in [3.63, 3.8) is 0 Å². The molecule has 1 aliphatic heterocycles. The van der Waals surface area contributed by atoms with E-state index >= 15 is 0 Å². The Morgan fingerprint density at radius 2 is 2.24 bits per heavy atom. The summed E-state index contributed by atoms with van der Waals surface area (Å²) in [4.78, 5) is 0. The van der Waals surface area contributed by atoms with Crippen LogP contribution in [-0.4, -0.2) is 34.4 Å². The van der Waals surface area contributed by atoms with Crippen LogP contribution in [0.4, 0.5) is 0 Å². The van der Waals surface area contributed by atoms with Gasteiger partial charge in [0.2, 0.25) is 0 Å². The molecule has 2 rings (SSSR count). The first-order valence-corrected chi connectivity index (χ1v) is 7.39. The summed E-state index contributed by atoms with van der Waals surface area (Å²) < 4.78 is 29.0. The molecule has 94 valence electrons. The number of nitrogens with one attached hydrogen (secondary N) is 1. The topological polar surface area (TPSA) is 55.4 Å². The van der Waals surface area contributed by atoms with E-state index in [0.717, 1.165) is 0 Å². The first-order chi connectivity index (χ1) is 8.04. The molecule has 0 saturated carbocycles. The van der Waals surface area contributed by atoms with Gasteiger partial charge < -0.3 is 10.1 Å². The molecule has 0 amide bonds. The monoisotopic (exact) mass is 275 g/mol. The Morgan fingerprint density at radius 3 is 2.82 bits per heavy atom. The molecule has 1 unspecified atom stereocenters. The highest BCUT2D eigenvalue weighted by Gasteiger charge is 2.31. The van der Waals surface area contributed by atoms with Crippen molar-refractivity contribution in [1.82, 2.24) is 5.32 Å². The summed E-state index contributed by atoms with van der Waals surface area (Å²) in [5, 5.41) is 2.95. The number of hydrogen-bond donors (Lipinski definition) is 1. The standard InChI is InChI=1S/C11H14ClNO3S/c1-16-8-2-3-9(10(12)6-8)11-7-13-4-5-17(11,14)15/h2-3,6,11,13H,4-5,7H2,1H3. The summed E-state index contributed by atoms with van der Waals surface area (Å²) in [6, 6.07) is 5.09. The van der Waals surface area contributed by atoms with E-state index in [1.165, 1.54) is 0 Å². The fraction of sp³-hybridized carbons (Fsp3) is 0.455. The van der Waals surface area contributed by atoms with Crippen molar-refractivity contribution in [1.29, 1.82) is 0 Å². The molecule has 4 nitrogen and oxygen atoms in total. The fourth-order valence-corrected chi connectivity index (χ4v) is 3.96. The third-order valence-corrected chi connectivity index (χ3v) is 5.27. The van der Waals surface area contributed by atoms with Crippen LogP contribution >= 0.6 is 11.6 Å². The summed E-state index contributed by atoms with van der Waals surface area (Å²) in [6.07, 6.45) is 0. The van der Waals surface area contributed by atoms with Crippen LogP contribution in [0.1, 0.15) is 10.8 Å². The second-order valence-electron chi connectivity index (χ2n) is 3.95. The van der Waals surface area contributed by atoms with Crippen LogP contribution in [-0.2, 0) is 9.84 Å².